The summed E-state index contributed by atoms with van der Waals surface area (Å²) in [7, 11) is 1.87. The molecule has 1 aliphatic heterocycles. The number of anilines is 1. The summed E-state index contributed by atoms with van der Waals surface area (Å²) in [5.74, 6) is 2.22. The van der Waals surface area contributed by atoms with E-state index in [0.717, 1.165) is 42.1 Å². The van der Waals surface area contributed by atoms with Crippen molar-refractivity contribution in [3.05, 3.63) is 35.0 Å². The number of fused-ring (bicyclic) bond motifs is 2. The first-order valence-electron chi connectivity index (χ1n) is 7.44. The van der Waals surface area contributed by atoms with E-state index >= 15 is 0 Å². The Morgan fingerprint density at radius 3 is 3.09 bits per heavy atom. The fourth-order valence-electron chi connectivity index (χ4n) is 3.09. The van der Waals surface area contributed by atoms with Gasteiger partial charge in [-0.2, -0.15) is 5.10 Å². The number of hydrogen-bond donors (Lipinski definition) is 1. The van der Waals surface area contributed by atoms with Crippen LogP contribution >= 0.6 is 0 Å². The van der Waals surface area contributed by atoms with Crippen LogP contribution in [0.4, 0.5) is 5.82 Å². The molecule has 6 nitrogen and oxygen atoms in total. The van der Waals surface area contributed by atoms with Crippen LogP contribution in [0.1, 0.15) is 23.2 Å². The lowest BCUT2D eigenvalue weighted by Crippen LogP contribution is -2.17. The summed E-state index contributed by atoms with van der Waals surface area (Å²) in [6.07, 6.45) is 3.41. The number of hydrogen-bond acceptors (Lipinski definition) is 4. The maximum atomic E-state index is 12.3. The highest BCUT2D eigenvalue weighted by Gasteiger charge is 2.22. The van der Waals surface area contributed by atoms with E-state index in [4.69, 9.17) is 9.47 Å². The number of nitrogens with one attached hydrogen (secondary N) is 1. The van der Waals surface area contributed by atoms with Crippen LogP contribution in [0.5, 0.6) is 11.5 Å². The van der Waals surface area contributed by atoms with Crippen molar-refractivity contribution in [2.75, 3.05) is 12.1 Å². The third kappa shape index (κ3) is 2.20. The van der Waals surface area contributed by atoms with Crippen LogP contribution in [0.15, 0.2) is 18.2 Å². The molecule has 0 unspecified atom stereocenters. The van der Waals surface area contributed by atoms with Crippen molar-refractivity contribution in [3.63, 3.8) is 0 Å². The molecule has 22 heavy (non-hydrogen) atoms. The van der Waals surface area contributed by atoms with Gasteiger partial charge in [0, 0.05) is 12.6 Å². The van der Waals surface area contributed by atoms with Gasteiger partial charge >= 0.3 is 0 Å². The van der Waals surface area contributed by atoms with Crippen LogP contribution in [-0.4, -0.2) is 22.5 Å². The number of rotatable bonds is 3. The predicted octanol–water partition coefficient (Wildman–Crippen LogP) is 1.82. The summed E-state index contributed by atoms with van der Waals surface area (Å²) >= 11 is 0. The standard InChI is InChI=1S/C16H17N3O3/c1-19-16(11-3-2-4-12(11)18-19)17-15(20)8-10-5-6-13-14(7-10)22-9-21-13/h5-7H,2-4,8-9H2,1H3,(H,17,20). The van der Waals surface area contributed by atoms with Crippen molar-refractivity contribution in [2.45, 2.75) is 25.7 Å². The van der Waals surface area contributed by atoms with Gasteiger partial charge in [0.25, 0.3) is 0 Å². The largest absolute Gasteiger partial charge is 0.454 e. The second kappa shape index (κ2) is 5.05. The van der Waals surface area contributed by atoms with Gasteiger partial charge in [0.05, 0.1) is 12.1 Å². The molecule has 2 aromatic rings. The van der Waals surface area contributed by atoms with E-state index in [0.29, 0.717) is 12.2 Å². The Bertz CT molecular complexity index is 751. The summed E-state index contributed by atoms with van der Waals surface area (Å²) in [4.78, 5) is 12.3. The van der Waals surface area contributed by atoms with Gasteiger partial charge in [-0.3, -0.25) is 9.48 Å². The van der Waals surface area contributed by atoms with Gasteiger partial charge in [-0.1, -0.05) is 6.07 Å². The molecule has 114 valence electrons. The van der Waals surface area contributed by atoms with Crippen molar-refractivity contribution >= 4 is 11.7 Å². The topological polar surface area (TPSA) is 65.4 Å². The zero-order valence-electron chi connectivity index (χ0n) is 12.4. The Kier molecular flexibility index (Phi) is 3.03. The first kappa shape index (κ1) is 13.2. The lowest BCUT2D eigenvalue weighted by atomic mass is 10.1. The summed E-state index contributed by atoms with van der Waals surface area (Å²) in [6, 6.07) is 5.59. The maximum absolute atomic E-state index is 12.3. The molecular weight excluding hydrogens is 282 g/mol. The molecule has 1 aromatic heterocycles. The van der Waals surface area contributed by atoms with Crippen LogP contribution < -0.4 is 14.8 Å². The van der Waals surface area contributed by atoms with E-state index in [9.17, 15) is 4.79 Å². The highest BCUT2D eigenvalue weighted by atomic mass is 16.7. The summed E-state index contributed by atoms with van der Waals surface area (Å²) in [5.41, 5.74) is 3.20. The molecular formula is C16H17N3O3. The fourth-order valence-corrected chi connectivity index (χ4v) is 3.09. The average molecular weight is 299 g/mol. The average Bonchev–Trinajstić information content (AvgIpc) is 3.17. The van der Waals surface area contributed by atoms with E-state index in [2.05, 4.69) is 10.4 Å². The number of aryl methyl sites for hydroxylation is 2. The normalized spacial score (nSPS) is 15.0. The lowest BCUT2D eigenvalue weighted by Gasteiger charge is -2.08. The highest BCUT2D eigenvalue weighted by Crippen LogP contribution is 2.33. The second-order valence-electron chi connectivity index (χ2n) is 5.66. The van der Waals surface area contributed by atoms with Gasteiger partial charge in [-0.05, 0) is 37.0 Å². The van der Waals surface area contributed by atoms with Crippen LogP contribution in [0.3, 0.4) is 0 Å². The number of aromatic nitrogens is 2. The minimum absolute atomic E-state index is 0.0448. The van der Waals surface area contributed by atoms with Crippen molar-refractivity contribution in [2.24, 2.45) is 7.05 Å². The first-order chi connectivity index (χ1) is 10.7. The Hall–Kier alpha value is -2.50. The molecule has 0 atom stereocenters. The Balaban J connectivity index is 1.49. The Morgan fingerprint density at radius 2 is 2.18 bits per heavy atom. The predicted molar refractivity (Wildman–Crippen MR) is 80.1 cm³/mol. The van der Waals surface area contributed by atoms with E-state index in [1.54, 1.807) is 4.68 Å². The van der Waals surface area contributed by atoms with Crippen molar-refractivity contribution in [3.8, 4) is 11.5 Å². The molecule has 0 bridgehead atoms. The highest BCUT2D eigenvalue weighted by molar-refractivity contribution is 5.92. The zero-order valence-corrected chi connectivity index (χ0v) is 12.4. The smallest absolute Gasteiger partial charge is 0.231 e. The van der Waals surface area contributed by atoms with Gasteiger partial charge in [-0.15, -0.1) is 0 Å². The molecule has 1 aliphatic carbocycles. The molecule has 0 saturated heterocycles. The second-order valence-corrected chi connectivity index (χ2v) is 5.66. The van der Waals surface area contributed by atoms with Crippen molar-refractivity contribution in [1.29, 1.82) is 0 Å². The van der Waals surface area contributed by atoms with E-state index in [1.807, 2.05) is 25.2 Å². The molecule has 1 amide bonds. The van der Waals surface area contributed by atoms with E-state index in [1.165, 1.54) is 5.56 Å². The molecule has 6 heteroatoms. The Morgan fingerprint density at radius 1 is 1.32 bits per heavy atom. The zero-order chi connectivity index (χ0) is 15.1. The molecule has 0 spiro atoms. The minimum atomic E-state index is -0.0448. The molecule has 0 saturated carbocycles. The van der Waals surface area contributed by atoms with Crippen LogP contribution in [0.2, 0.25) is 0 Å². The number of benzene rings is 1. The number of carbonyl (C=O) groups is 1. The van der Waals surface area contributed by atoms with Crippen LogP contribution in [0, 0.1) is 0 Å². The van der Waals surface area contributed by atoms with Gasteiger partial charge in [-0.25, -0.2) is 0 Å². The first-order valence-corrected chi connectivity index (χ1v) is 7.44. The van der Waals surface area contributed by atoms with Gasteiger partial charge in [0.1, 0.15) is 5.82 Å². The number of carbonyl (C=O) groups excluding carboxylic acids is 1. The molecule has 1 aromatic carbocycles. The van der Waals surface area contributed by atoms with E-state index < -0.39 is 0 Å². The minimum Gasteiger partial charge on any atom is -0.454 e. The fraction of sp³-hybridized carbons (Fsp3) is 0.375. The van der Waals surface area contributed by atoms with Gasteiger partial charge < -0.3 is 14.8 Å². The molecule has 2 heterocycles. The Labute approximate surface area is 128 Å². The summed E-state index contributed by atoms with van der Waals surface area (Å²) in [5, 5.41) is 7.46. The molecule has 4 rings (SSSR count). The van der Waals surface area contributed by atoms with E-state index in [-0.39, 0.29) is 12.7 Å². The molecule has 2 aliphatic rings. The van der Waals surface area contributed by atoms with Crippen molar-refractivity contribution < 1.29 is 14.3 Å². The van der Waals surface area contributed by atoms with Gasteiger partial charge in [0.2, 0.25) is 12.7 Å². The number of amides is 1. The molecule has 1 N–H and O–H groups in total. The third-order valence-corrected chi connectivity index (χ3v) is 4.13. The lowest BCUT2D eigenvalue weighted by molar-refractivity contribution is -0.115. The summed E-state index contributed by atoms with van der Waals surface area (Å²) in [6.45, 7) is 0.242. The molecule has 0 fully saturated rings. The SMILES string of the molecule is Cn1nc2c(c1NC(=O)Cc1ccc3c(c1)OCO3)CCC2. The quantitative estimate of drug-likeness (QED) is 0.939. The van der Waals surface area contributed by atoms with Crippen LogP contribution in [0.25, 0.3) is 0 Å². The number of ether oxygens (including phenoxy) is 2. The monoisotopic (exact) mass is 299 g/mol. The van der Waals surface area contributed by atoms with Crippen molar-refractivity contribution in [1.82, 2.24) is 9.78 Å². The van der Waals surface area contributed by atoms with Crippen LogP contribution in [-0.2, 0) is 31.1 Å². The third-order valence-electron chi connectivity index (χ3n) is 4.13. The number of nitrogens with zero attached hydrogens (tertiary/aromatic N) is 2. The summed E-state index contributed by atoms with van der Waals surface area (Å²) < 4.78 is 12.4. The molecule has 0 radical (unpaired) electrons. The maximum Gasteiger partial charge on any atom is 0.231 e. The van der Waals surface area contributed by atoms with Gasteiger partial charge in [0.15, 0.2) is 11.5 Å².